The Morgan fingerprint density at radius 3 is 2.85 bits per heavy atom. The Morgan fingerprint density at radius 2 is 2.05 bits per heavy atom. The molecule has 1 aliphatic carbocycles. The molecule has 106 valence electrons. The van der Waals surface area contributed by atoms with Crippen molar-refractivity contribution < 1.29 is 0 Å². The average molecular weight is 268 g/mol. The van der Waals surface area contributed by atoms with Gasteiger partial charge in [0.05, 0.1) is 0 Å². The van der Waals surface area contributed by atoms with Crippen molar-refractivity contribution in [1.29, 1.82) is 0 Å². The molecule has 1 aliphatic rings. The molecule has 0 aliphatic heterocycles. The van der Waals surface area contributed by atoms with Gasteiger partial charge in [-0.15, -0.1) is 0 Å². The summed E-state index contributed by atoms with van der Waals surface area (Å²) in [5.41, 5.74) is 4.52. The van der Waals surface area contributed by atoms with Crippen molar-refractivity contribution in [1.82, 2.24) is 9.88 Å². The van der Waals surface area contributed by atoms with E-state index in [-0.39, 0.29) is 0 Å². The minimum atomic E-state index is 0.564. The summed E-state index contributed by atoms with van der Waals surface area (Å²) in [4.78, 5) is 0. The topological polar surface area (TPSA) is 17.0 Å². The molecule has 20 heavy (non-hydrogen) atoms. The second-order valence-electron chi connectivity index (χ2n) is 5.80. The van der Waals surface area contributed by atoms with E-state index in [2.05, 4.69) is 59.7 Å². The molecular weight excluding hydrogens is 244 g/mol. The smallest absolute Gasteiger partial charge is 0.0335 e. The number of rotatable bonds is 5. The predicted octanol–water partition coefficient (Wildman–Crippen LogP) is 3.72. The Kier molecular flexibility index (Phi) is 4.22. The van der Waals surface area contributed by atoms with Gasteiger partial charge in [-0.2, -0.15) is 0 Å². The molecule has 1 atom stereocenters. The largest absolute Gasteiger partial charge is 0.354 e. The van der Waals surface area contributed by atoms with Crippen LogP contribution in [0.4, 0.5) is 0 Å². The molecule has 0 amide bonds. The summed E-state index contributed by atoms with van der Waals surface area (Å²) in [5.74, 6) is 0. The lowest BCUT2D eigenvalue weighted by atomic mass is 9.91. The molecule has 1 aromatic heterocycles. The van der Waals surface area contributed by atoms with Gasteiger partial charge in [0.15, 0.2) is 0 Å². The number of aryl methyl sites for hydroxylation is 3. The van der Waals surface area contributed by atoms with Crippen molar-refractivity contribution in [2.24, 2.45) is 0 Å². The second-order valence-corrected chi connectivity index (χ2v) is 5.80. The predicted molar refractivity (Wildman–Crippen MR) is 83.9 cm³/mol. The lowest BCUT2D eigenvalue weighted by molar-refractivity contribution is 0.498. The monoisotopic (exact) mass is 268 g/mol. The minimum absolute atomic E-state index is 0.564. The summed E-state index contributed by atoms with van der Waals surface area (Å²) >= 11 is 0. The molecule has 1 unspecified atom stereocenters. The van der Waals surface area contributed by atoms with E-state index in [1.807, 2.05) is 0 Å². The summed E-state index contributed by atoms with van der Waals surface area (Å²) < 4.78 is 2.39. The third-order valence-electron chi connectivity index (χ3n) is 4.38. The fraction of sp³-hybridized carbons (Fsp3) is 0.444. The van der Waals surface area contributed by atoms with E-state index in [0.29, 0.717) is 6.04 Å². The number of nitrogens with one attached hydrogen (secondary N) is 1. The third kappa shape index (κ3) is 2.96. The van der Waals surface area contributed by atoms with Crippen LogP contribution in [0.3, 0.4) is 0 Å². The van der Waals surface area contributed by atoms with E-state index in [4.69, 9.17) is 0 Å². The Labute approximate surface area is 121 Å². The molecule has 0 fully saturated rings. The SMILES string of the molecule is CNC1CCCc2cn(CCCc3ccccc3)cc21. The molecule has 3 rings (SSSR count). The van der Waals surface area contributed by atoms with Crippen molar-refractivity contribution in [3.63, 3.8) is 0 Å². The Bertz CT molecular complexity index is 542. The highest BCUT2D eigenvalue weighted by Crippen LogP contribution is 2.30. The van der Waals surface area contributed by atoms with Crippen molar-refractivity contribution >= 4 is 0 Å². The lowest BCUT2D eigenvalue weighted by Crippen LogP contribution is -2.20. The highest BCUT2D eigenvalue weighted by Gasteiger charge is 2.20. The number of benzene rings is 1. The molecule has 2 nitrogen and oxygen atoms in total. The van der Waals surface area contributed by atoms with Gasteiger partial charge in [0.25, 0.3) is 0 Å². The Balaban J connectivity index is 1.60. The maximum atomic E-state index is 3.44. The van der Waals surface area contributed by atoms with Crippen LogP contribution >= 0.6 is 0 Å². The molecule has 0 spiro atoms. The van der Waals surface area contributed by atoms with Gasteiger partial charge in [0, 0.05) is 25.0 Å². The van der Waals surface area contributed by atoms with Gasteiger partial charge in [0.1, 0.15) is 0 Å². The molecule has 1 aromatic carbocycles. The molecule has 0 radical (unpaired) electrons. The van der Waals surface area contributed by atoms with E-state index >= 15 is 0 Å². The number of fused-ring (bicyclic) bond motifs is 1. The van der Waals surface area contributed by atoms with Crippen LogP contribution in [0.2, 0.25) is 0 Å². The maximum absolute atomic E-state index is 3.44. The van der Waals surface area contributed by atoms with Crippen LogP contribution in [-0.2, 0) is 19.4 Å². The summed E-state index contributed by atoms with van der Waals surface area (Å²) in [6.45, 7) is 1.12. The van der Waals surface area contributed by atoms with Crippen LogP contribution in [0, 0.1) is 0 Å². The summed E-state index contributed by atoms with van der Waals surface area (Å²) in [5, 5.41) is 3.44. The Hall–Kier alpha value is -1.54. The maximum Gasteiger partial charge on any atom is 0.0335 e. The lowest BCUT2D eigenvalue weighted by Gasteiger charge is -2.21. The molecule has 2 heteroatoms. The third-order valence-corrected chi connectivity index (χ3v) is 4.38. The normalized spacial score (nSPS) is 17.9. The zero-order valence-electron chi connectivity index (χ0n) is 12.3. The number of hydrogen-bond donors (Lipinski definition) is 1. The van der Waals surface area contributed by atoms with E-state index < -0.39 is 0 Å². The summed E-state index contributed by atoms with van der Waals surface area (Å²) in [6.07, 6.45) is 10.9. The molecule has 1 N–H and O–H groups in total. The van der Waals surface area contributed by atoms with Gasteiger partial charge in [-0.3, -0.25) is 0 Å². The van der Waals surface area contributed by atoms with Crippen molar-refractivity contribution in [2.45, 2.75) is 44.7 Å². The van der Waals surface area contributed by atoms with Crippen LogP contribution in [-0.4, -0.2) is 11.6 Å². The van der Waals surface area contributed by atoms with Gasteiger partial charge in [-0.05, 0) is 55.8 Å². The molecule has 0 saturated carbocycles. The van der Waals surface area contributed by atoms with Crippen molar-refractivity contribution in [3.8, 4) is 0 Å². The van der Waals surface area contributed by atoms with Crippen LogP contribution in [0.5, 0.6) is 0 Å². The highest BCUT2D eigenvalue weighted by molar-refractivity contribution is 5.30. The zero-order valence-corrected chi connectivity index (χ0v) is 12.3. The van der Waals surface area contributed by atoms with Crippen LogP contribution < -0.4 is 5.32 Å². The minimum Gasteiger partial charge on any atom is -0.354 e. The zero-order chi connectivity index (χ0) is 13.8. The van der Waals surface area contributed by atoms with Gasteiger partial charge in [-0.1, -0.05) is 30.3 Å². The highest BCUT2D eigenvalue weighted by atomic mass is 15.0. The second kappa shape index (κ2) is 6.27. The standard InChI is InChI=1S/C18H24N2/c1-19-18-11-5-10-16-13-20(14-17(16)18)12-6-9-15-7-3-2-4-8-15/h2-4,7-8,13-14,18-19H,5-6,9-12H2,1H3. The summed E-state index contributed by atoms with van der Waals surface area (Å²) in [7, 11) is 2.08. The first-order valence-corrected chi connectivity index (χ1v) is 7.76. The van der Waals surface area contributed by atoms with E-state index in [1.165, 1.54) is 43.2 Å². The first kappa shape index (κ1) is 13.4. The fourth-order valence-corrected chi connectivity index (χ4v) is 3.29. The molecule has 0 saturated heterocycles. The fourth-order valence-electron chi connectivity index (χ4n) is 3.29. The number of hydrogen-bond acceptors (Lipinski definition) is 1. The van der Waals surface area contributed by atoms with Crippen molar-refractivity contribution in [3.05, 3.63) is 59.4 Å². The number of aromatic nitrogens is 1. The average Bonchev–Trinajstić information content (AvgIpc) is 2.91. The van der Waals surface area contributed by atoms with Crippen molar-refractivity contribution in [2.75, 3.05) is 7.05 Å². The van der Waals surface area contributed by atoms with Gasteiger partial charge in [-0.25, -0.2) is 0 Å². The van der Waals surface area contributed by atoms with E-state index in [0.717, 1.165) is 6.54 Å². The van der Waals surface area contributed by atoms with Gasteiger partial charge in [0.2, 0.25) is 0 Å². The quantitative estimate of drug-likeness (QED) is 0.874. The van der Waals surface area contributed by atoms with Gasteiger partial charge < -0.3 is 9.88 Å². The van der Waals surface area contributed by atoms with Gasteiger partial charge >= 0.3 is 0 Å². The van der Waals surface area contributed by atoms with E-state index in [1.54, 1.807) is 5.56 Å². The molecule has 0 bridgehead atoms. The molecule has 2 aromatic rings. The summed E-state index contributed by atoms with van der Waals surface area (Å²) in [6, 6.07) is 11.3. The van der Waals surface area contributed by atoms with Crippen LogP contribution in [0.15, 0.2) is 42.7 Å². The number of nitrogens with zero attached hydrogens (tertiary/aromatic N) is 1. The van der Waals surface area contributed by atoms with Crippen LogP contribution in [0.1, 0.15) is 42.0 Å². The first-order chi connectivity index (χ1) is 9.86. The van der Waals surface area contributed by atoms with E-state index in [9.17, 15) is 0 Å². The Morgan fingerprint density at radius 1 is 1.20 bits per heavy atom. The first-order valence-electron chi connectivity index (χ1n) is 7.76. The van der Waals surface area contributed by atoms with Crippen LogP contribution in [0.25, 0.3) is 0 Å². The molecular formula is C18H24N2. The molecule has 1 heterocycles.